The van der Waals surface area contributed by atoms with E-state index >= 15 is 0 Å². The first-order valence-electron chi connectivity index (χ1n) is 6.35. The topological polar surface area (TPSA) is 12.0 Å². The molecule has 1 heterocycles. The highest BCUT2D eigenvalue weighted by Crippen LogP contribution is 2.27. The van der Waals surface area contributed by atoms with Crippen molar-refractivity contribution in [3.05, 3.63) is 22.4 Å². The Labute approximate surface area is 104 Å². The van der Waals surface area contributed by atoms with Gasteiger partial charge in [0, 0.05) is 17.0 Å². The fourth-order valence-corrected chi connectivity index (χ4v) is 3.04. The summed E-state index contributed by atoms with van der Waals surface area (Å²) in [5, 5.41) is 5.98. The van der Waals surface area contributed by atoms with E-state index in [1.165, 1.54) is 11.3 Å². The molecule has 92 valence electrons. The highest BCUT2D eigenvalue weighted by molar-refractivity contribution is 7.10. The van der Waals surface area contributed by atoms with Crippen molar-refractivity contribution in [2.24, 2.45) is 11.8 Å². The summed E-state index contributed by atoms with van der Waals surface area (Å²) in [6.07, 6.45) is 1.20. The molecule has 2 unspecified atom stereocenters. The van der Waals surface area contributed by atoms with Crippen LogP contribution in [0.25, 0.3) is 0 Å². The molecule has 16 heavy (non-hydrogen) atoms. The molecular weight excluding hydrogens is 214 g/mol. The standard InChI is InChI=1S/C14H25NS/c1-6-12(10(2)3)15-14(11(4)5)13-8-7-9-16-13/h7-12,14-15H,6H2,1-5H3. The van der Waals surface area contributed by atoms with Crippen molar-refractivity contribution in [3.8, 4) is 0 Å². The summed E-state index contributed by atoms with van der Waals surface area (Å²) in [6, 6.07) is 5.52. The highest BCUT2D eigenvalue weighted by Gasteiger charge is 2.21. The average molecular weight is 239 g/mol. The minimum absolute atomic E-state index is 0.507. The van der Waals surface area contributed by atoms with Crippen LogP contribution in [0.15, 0.2) is 17.5 Å². The van der Waals surface area contributed by atoms with Crippen molar-refractivity contribution < 1.29 is 0 Å². The zero-order valence-electron chi connectivity index (χ0n) is 11.2. The molecule has 0 spiro atoms. The summed E-state index contributed by atoms with van der Waals surface area (Å²) < 4.78 is 0. The molecular formula is C14H25NS. The highest BCUT2D eigenvalue weighted by atomic mass is 32.1. The molecule has 1 N–H and O–H groups in total. The van der Waals surface area contributed by atoms with E-state index in [0.717, 1.165) is 0 Å². The van der Waals surface area contributed by atoms with Gasteiger partial charge in [-0.25, -0.2) is 0 Å². The zero-order chi connectivity index (χ0) is 12.1. The minimum atomic E-state index is 0.507. The fourth-order valence-electron chi connectivity index (χ4n) is 2.08. The Hall–Kier alpha value is -0.340. The van der Waals surface area contributed by atoms with Crippen LogP contribution in [0.5, 0.6) is 0 Å². The van der Waals surface area contributed by atoms with Crippen LogP contribution in [-0.2, 0) is 0 Å². The van der Waals surface area contributed by atoms with Gasteiger partial charge in [-0.15, -0.1) is 11.3 Å². The lowest BCUT2D eigenvalue weighted by atomic mass is 9.96. The van der Waals surface area contributed by atoms with E-state index in [1.807, 2.05) is 11.3 Å². The molecule has 2 heteroatoms. The summed E-state index contributed by atoms with van der Waals surface area (Å²) in [7, 11) is 0. The first-order valence-corrected chi connectivity index (χ1v) is 7.23. The van der Waals surface area contributed by atoms with Gasteiger partial charge in [-0.2, -0.15) is 0 Å². The summed E-state index contributed by atoms with van der Waals surface area (Å²) in [5.74, 6) is 1.35. The van der Waals surface area contributed by atoms with Crippen LogP contribution >= 0.6 is 11.3 Å². The van der Waals surface area contributed by atoms with Crippen molar-refractivity contribution in [2.45, 2.75) is 53.1 Å². The van der Waals surface area contributed by atoms with Crippen molar-refractivity contribution in [1.29, 1.82) is 0 Å². The van der Waals surface area contributed by atoms with E-state index in [9.17, 15) is 0 Å². The van der Waals surface area contributed by atoms with Crippen molar-refractivity contribution >= 4 is 11.3 Å². The van der Waals surface area contributed by atoms with Crippen LogP contribution < -0.4 is 5.32 Å². The van der Waals surface area contributed by atoms with Crippen molar-refractivity contribution in [2.75, 3.05) is 0 Å². The summed E-state index contributed by atoms with van der Waals surface area (Å²) in [5.41, 5.74) is 0. The second kappa shape index (κ2) is 6.41. The fraction of sp³-hybridized carbons (Fsp3) is 0.714. The van der Waals surface area contributed by atoms with Gasteiger partial charge in [-0.1, -0.05) is 40.7 Å². The molecule has 0 amide bonds. The molecule has 0 aliphatic carbocycles. The Bertz CT molecular complexity index is 277. The maximum absolute atomic E-state index is 3.82. The van der Waals surface area contributed by atoms with Gasteiger partial charge in [0.05, 0.1) is 0 Å². The van der Waals surface area contributed by atoms with Crippen LogP contribution in [0.4, 0.5) is 0 Å². The van der Waals surface area contributed by atoms with Crippen LogP contribution in [-0.4, -0.2) is 6.04 Å². The third-order valence-electron chi connectivity index (χ3n) is 3.15. The Kier molecular flexibility index (Phi) is 5.50. The normalized spacial score (nSPS) is 15.7. The third kappa shape index (κ3) is 3.60. The Morgan fingerprint density at radius 2 is 1.88 bits per heavy atom. The van der Waals surface area contributed by atoms with Gasteiger partial charge >= 0.3 is 0 Å². The lowest BCUT2D eigenvalue weighted by molar-refractivity contribution is 0.305. The Morgan fingerprint density at radius 1 is 1.19 bits per heavy atom. The molecule has 0 bridgehead atoms. The maximum Gasteiger partial charge on any atom is 0.0440 e. The molecule has 2 atom stereocenters. The molecule has 0 aliphatic rings. The Balaban J connectivity index is 2.72. The number of thiophene rings is 1. The Morgan fingerprint density at radius 3 is 2.25 bits per heavy atom. The SMILES string of the molecule is CCC(NC(c1cccs1)C(C)C)C(C)C. The van der Waals surface area contributed by atoms with Crippen molar-refractivity contribution in [3.63, 3.8) is 0 Å². The van der Waals surface area contributed by atoms with E-state index in [4.69, 9.17) is 0 Å². The maximum atomic E-state index is 3.82. The first kappa shape index (κ1) is 13.7. The second-order valence-corrected chi connectivity index (χ2v) is 6.14. The van der Waals surface area contributed by atoms with Gasteiger partial charge in [0.2, 0.25) is 0 Å². The lowest BCUT2D eigenvalue weighted by Gasteiger charge is -2.29. The third-order valence-corrected chi connectivity index (χ3v) is 4.11. The molecule has 0 saturated carbocycles. The average Bonchev–Trinajstić information content (AvgIpc) is 2.71. The molecule has 0 aliphatic heterocycles. The first-order chi connectivity index (χ1) is 7.56. The number of rotatable bonds is 6. The van der Waals surface area contributed by atoms with E-state index in [1.54, 1.807) is 0 Å². The predicted octanol–water partition coefficient (Wildman–Crippen LogP) is 4.47. The molecule has 0 aromatic carbocycles. The number of hydrogen-bond acceptors (Lipinski definition) is 2. The molecule has 0 saturated heterocycles. The van der Waals surface area contributed by atoms with Gasteiger partial charge in [-0.3, -0.25) is 0 Å². The molecule has 1 aromatic heterocycles. The van der Waals surface area contributed by atoms with E-state index in [-0.39, 0.29) is 0 Å². The quantitative estimate of drug-likeness (QED) is 0.772. The van der Waals surface area contributed by atoms with E-state index < -0.39 is 0 Å². The second-order valence-electron chi connectivity index (χ2n) is 5.16. The minimum Gasteiger partial charge on any atom is -0.306 e. The zero-order valence-corrected chi connectivity index (χ0v) is 12.0. The van der Waals surface area contributed by atoms with E-state index in [2.05, 4.69) is 57.4 Å². The number of nitrogens with one attached hydrogen (secondary N) is 1. The summed E-state index contributed by atoms with van der Waals surface area (Å²) >= 11 is 1.86. The van der Waals surface area contributed by atoms with Gasteiger partial charge in [-0.05, 0) is 29.7 Å². The van der Waals surface area contributed by atoms with Gasteiger partial charge in [0.1, 0.15) is 0 Å². The van der Waals surface area contributed by atoms with Crippen molar-refractivity contribution in [1.82, 2.24) is 5.32 Å². The molecule has 1 aromatic rings. The number of hydrogen-bond donors (Lipinski definition) is 1. The lowest BCUT2D eigenvalue weighted by Crippen LogP contribution is -2.38. The predicted molar refractivity (Wildman–Crippen MR) is 74.0 cm³/mol. The largest absolute Gasteiger partial charge is 0.306 e. The van der Waals surface area contributed by atoms with Crippen LogP contribution in [0.3, 0.4) is 0 Å². The van der Waals surface area contributed by atoms with E-state index in [0.29, 0.717) is 23.9 Å². The molecule has 1 nitrogen and oxygen atoms in total. The van der Waals surface area contributed by atoms with Gasteiger partial charge in [0.15, 0.2) is 0 Å². The van der Waals surface area contributed by atoms with Gasteiger partial charge in [0.25, 0.3) is 0 Å². The van der Waals surface area contributed by atoms with Crippen LogP contribution in [0, 0.1) is 11.8 Å². The summed E-state index contributed by atoms with van der Waals surface area (Å²) in [6.45, 7) is 11.5. The molecule has 1 rings (SSSR count). The molecule has 0 fully saturated rings. The summed E-state index contributed by atoms with van der Waals surface area (Å²) in [4.78, 5) is 1.47. The molecule has 0 radical (unpaired) electrons. The van der Waals surface area contributed by atoms with Gasteiger partial charge < -0.3 is 5.32 Å². The monoisotopic (exact) mass is 239 g/mol. The van der Waals surface area contributed by atoms with Crippen LogP contribution in [0.1, 0.15) is 52.0 Å². The van der Waals surface area contributed by atoms with Crippen LogP contribution in [0.2, 0.25) is 0 Å². The smallest absolute Gasteiger partial charge is 0.0440 e.